The molecule has 20 heavy (non-hydrogen) atoms. The van der Waals surface area contributed by atoms with Crippen LogP contribution in [0.5, 0.6) is 5.75 Å². The number of hydrogen-bond donors (Lipinski definition) is 1. The molecule has 1 N–H and O–H groups in total. The summed E-state index contributed by atoms with van der Waals surface area (Å²) in [5.74, 6) is 0.358. The number of ether oxygens (including phenoxy) is 1. The number of sulfonamides is 1. The molecule has 2 saturated carbocycles. The van der Waals surface area contributed by atoms with Crippen LogP contribution in [0.25, 0.3) is 0 Å². The van der Waals surface area contributed by atoms with Crippen LogP contribution in [-0.4, -0.2) is 27.4 Å². The van der Waals surface area contributed by atoms with E-state index >= 15 is 0 Å². The van der Waals surface area contributed by atoms with Crippen molar-refractivity contribution in [1.82, 2.24) is 4.72 Å². The van der Waals surface area contributed by atoms with E-state index in [0.29, 0.717) is 5.56 Å². The molecule has 0 saturated heterocycles. The number of hydrogen-bond acceptors (Lipinski definition) is 4. The predicted molar refractivity (Wildman–Crippen MR) is 73.4 cm³/mol. The van der Waals surface area contributed by atoms with E-state index in [9.17, 15) is 13.2 Å². The summed E-state index contributed by atoms with van der Waals surface area (Å²) < 4.78 is 32.4. The van der Waals surface area contributed by atoms with Gasteiger partial charge >= 0.3 is 0 Å². The molecule has 0 bridgehead atoms. The molecule has 0 atom stereocenters. The third-order valence-corrected chi connectivity index (χ3v) is 5.13. The van der Waals surface area contributed by atoms with E-state index < -0.39 is 10.0 Å². The first-order valence-electron chi connectivity index (χ1n) is 6.76. The highest BCUT2D eigenvalue weighted by Gasteiger charge is 2.33. The highest BCUT2D eigenvalue weighted by Crippen LogP contribution is 2.35. The number of nitrogens with one attached hydrogen (secondary N) is 1. The summed E-state index contributed by atoms with van der Waals surface area (Å²) in [6, 6.07) is 4.64. The summed E-state index contributed by atoms with van der Waals surface area (Å²) in [7, 11) is -2.20. The lowest BCUT2D eigenvalue weighted by atomic mass is 10.1. The predicted octanol–water partition coefficient (Wildman–Crippen LogP) is 1.73. The lowest BCUT2D eigenvalue weighted by molar-refractivity contribution is 0.0967. The van der Waals surface area contributed by atoms with Gasteiger partial charge < -0.3 is 4.74 Å². The maximum Gasteiger partial charge on any atom is 0.244 e. The SMILES string of the molecule is COc1ccc(C(=O)C2CC2)cc1S(=O)(=O)NC1CC1. The summed E-state index contributed by atoms with van der Waals surface area (Å²) in [6.07, 6.45) is 3.52. The third kappa shape index (κ3) is 2.71. The average molecular weight is 295 g/mol. The molecule has 2 aliphatic carbocycles. The van der Waals surface area contributed by atoms with Gasteiger partial charge in [-0.1, -0.05) is 0 Å². The Labute approximate surface area is 118 Å². The van der Waals surface area contributed by atoms with Crippen LogP contribution >= 0.6 is 0 Å². The second kappa shape index (κ2) is 4.86. The Kier molecular flexibility index (Phi) is 3.30. The van der Waals surface area contributed by atoms with Crippen LogP contribution in [0.15, 0.2) is 23.1 Å². The molecule has 5 nitrogen and oxygen atoms in total. The molecule has 0 spiro atoms. The third-order valence-electron chi connectivity index (χ3n) is 3.58. The maximum atomic E-state index is 12.3. The fourth-order valence-electron chi connectivity index (χ4n) is 2.11. The van der Waals surface area contributed by atoms with E-state index in [4.69, 9.17) is 4.74 Å². The number of ketones is 1. The fraction of sp³-hybridized carbons (Fsp3) is 0.500. The molecule has 1 aromatic carbocycles. The number of Topliss-reactive ketones (excluding diaryl/α,β-unsaturated/α-hetero) is 1. The van der Waals surface area contributed by atoms with E-state index in [1.54, 1.807) is 12.1 Å². The van der Waals surface area contributed by atoms with Crippen LogP contribution in [-0.2, 0) is 10.0 Å². The number of rotatable bonds is 6. The van der Waals surface area contributed by atoms with Crippen molar-refractivity contribution in [3.05, 3.63) is 23.8 Å². The molecule has 2 fully saturated rings. The minimum Gasteiger partial charge on any atom is -0.495 e. The van der Waals surface area contributed by atoms with Crippen LogP contribution in [0.4, 0.5) is 0 Å². The minimum absolute atomic E-state index is 0.0208. The van der Waals surface area contributed by atoms with E-state index in [0.717, 1.165) is 25.7 Å². The summed E-state index contributed by atoms with van der Waals surface area (Å²) in [5, 5.41) is 0. The summed E-state index contributed by atoms with van der Waals surface area (Å²) in [5.41, 5.74) is 0.449. The van der Waals surface area contributed by atoms with Gasteiger partial charge in [0.15, 0.2) is 5.78 Å². The lowest BCUT2D eigenvalue weighted by Crippen LogP contribution is -2.26. The van der Waals surface area contributed by atoms with Gasteiger partial charge in [-0.3, -0.25) is 4.79 Å². The van der Waals surface area contributed by atoms with Crippen molar-refractivity contribution in [1.29, 1.82) is 0 Å². The number of carbonyl (C=O) groups is 1. The zero-order valence-corrected chi connectivity index (χ0v) is 12.1. The van der Waals surface area contributed by atoms with Crippen LogP contribution in [0, 0.1) is 5.92 Å². The molecule has 0 amide bonds. The van der Waals surface area contributed by atoms with Crippen molar-refractivity contribution >= 4 is 15.8 Å². The zero-order chi connectivity index (χ0) is 14.3. The van der Waals surface area contributed by atoms with Crippen molar-refractivity contribution in [2.24, 2.45) is 5.92 Å². The molecule has 0 unspecified atom stereocenters. The smallest absolute Gasteiger partial charge is 0.244 e. The first kappa shape index (κ1) is 13.6. The zero-order valence-electron chi connectivity index (χ0n) is 11.3. The van der Waals surface area contributed by atoms with Gasteiger partial charge in [-0.15, -0.1) is 0 Å². The average Bonchev–Trinajstić information content (AvgIpc) is 3.29. The highest BCUT2D eigenvalue weighted by atomic mass is 32.2. The monoisotopic (exact) mass is 295 g/mol. The second-order valence-electron chi connectivity index (χ2n) is 5.40. The fourth-order valence-corrected chi connectivity index (χ4v) is 3.61. The number of carbonyl (C=O) groups excluding carboxylic acids is 1. The van der Waals surface area contributed by atoms with Gasteiger partial charge in [0.25, 0.3) is 0 Å². The summed E-state index contributed by atoms with van der Waals surface area (Å²) >= 11 is 0. The van der Waals surface area contributed by atoms with Crippen molar-refractivity contribution in [3.8, 4) is 5.75 Å². The first-order chi connectivity index (χ1) is 9.51. The molecule has 108 valence electrons. The molecule has 0 heterocycles. The number of benzene rings is 1. The van der Waals surface area contributed by atoms with Crippen molar-refractivity contribution in [2.75, 3.05) is 7.11 Å². The van der Waals surface area contributed by atoms with Crippen LogP contribution < -0.4 is 9.46 Å². The van der Waals surface area contributed by atoms with Crippen LogP contribution in [0.2, 0.25) is 0 Å². The Hall–Kier alpha value is -1.40. The van der Waals surface area contributed by atoms with Crippen molar-refractivity contribution in [3.63, 3.8) is 0 Å². The van der Waals surface area contributed by atoms with Gasteiger partial charge in [-0.05, 0) is 43.9 Å². The first-order valence-corrected chi connectivity index (χ1v) is 8.24. The summed E-state index contributed by atoms with van der Waals surface area (Å²) in [6.45, 7) is 0. The van der Waals surface area contributed by atoms with E-state index in [2.05, 4.69) is 4.72 Å². The van der Waals surface area contributed by atoms with Gasteiger partial charge in [0.1, 0.15) is 10.6 Å². The van der Waals surface area contributed by atoms with Gasteiger partial charge in [0.05, 0.1) is 7.11 Å². The highest BCUT2D eigenvalue weighted by molar-refractivity contribution is 7.89. The lowest BCUT2D eigenvalue weighted by Gasteiger charge is -2.11. The van der Waals surface area contributed by atoms with Crippen LogP contribution in [0.3, 0.4) is 0 Å². The minimum atomic E-state index is -3.63. The molecule has 0 radical (unpaired) electrons. The molecule has 2 aliphatic rings. The van der Waals surface area contributed by atoms with Gasteiger partial charge in [0, 0.05) is 17.5 Å². The van der Waals surface area contributed by atoms with Gasteiger partial charge in [0.2, 0.25) is 10.0 Å². The Balaban J connectivity index is 1.97. The molecule has 3 rings (SSSR count). The van der Waals surface area contributed by atoms with E-state index in [1.165, 1.54) is 13.2 Å². The molecule has 6 heteroatoms. The normalized spacial score (nSPS) is 18.9. The Morgan fingerprint density at radius 1 is 1.25 bits per heavy atom. The molecular weight excluding hydrogens is 278 g/mol. The van der Waals surface area contributed by atoms with Crippen LogP contribution in [0.1, 0.15) is 36.0 Å². The molecule has 0 aromatic heterocycles. The summed E-state index contributed by atoms with van der Waals surface area (Å²) in [4.78, 5) is 12.1. The van der Waals surface area contributed by atoms with E-state index in [-0.39, 0.29) is 28.4 Å². The van der Waals surface area contributed by atoms with Gasteiger partial charge in [-0.25, -0.2) is 13.1 Å². The Morgan fingerprint density at radius 3 is 2.50 bits per heavy atom. The Bertz CT molecular complexity index is 645. The van der Waals surface area contributed by atoms with Gasteiger partial charge in [-0.2, -0.15) is 0 Å². The largest absolute Gasteiger partial charge is 0.495 e. The topological polar surface area (TPSA) is 72.5 Å². The van der Waals surface area contributed by atoms with Crippen molar-refractivity contribution in [2.45, 2.75) is 36.6 Å². The Morgan fingerprint density at radius 2 is 1.95 bits per heavy atom. The van der Waals surface area contributed by atoms with Crippen molar-refractivity contribution < 1.29 is 17.9 Å². The quantitative estimate of drug-likeness (QED) is 0.811. The standard InChI is InChI=1S/C14H17NO4S/c1-19-12-7-4-10(14(16)9-2-3-9)8-13(12)20(17,18)15-11-5-6-11/h4,7-9,11,15H,2-3,5-6H2,1H3. The molecule has 1 aromatic rings. The number of methoxy groups -OCH3 is 1. The second-order valence-corrected chi connectivity index (χ2v) is 7.08. The maximum absolute atomic E-state index is 12.3. The molecule has 0 aliphatic heterocycles. The van der Waals surface area contributed by atoms with E-state index in [1.807, 2.05) is 0 Å². The molecular formula is C14H17NO4S.